The molecular weight excluding hydrogens is 390 g/mol. The van der Waals surface area contributed by atoms with Crippen LogP contribution < -0.4 is 4.90 Å². The van der Waals surface area contributed by atoms with Gasteiger partial charge in [0.1, 0.15) is 17.2 Å². The van der Waals surface area contributed by atoms with Gasteiger partial charge < -0.3 is 9.69 Å². The van der Waals surface area contributed by atoms with Crippen molar-refractivity contribution in [1.29, 1.82) is 10.5 Å². The molecule has 1 aliphatic heterocycles. The van der Waals surface area contributed by atoms with Gasteiger partial charge >= 0.3 is 0 Å². The molecule has 5 heteroatoms. The van der Waals surface area contributed by atoms with Crippen molar-refractivity contribution in [3.63, 3.8) is 0 Å². The Hall–Kier alpha value is -1.85. The lowest BCUT2D eigenvalue weighted by Gasteiger charge is -2.34. The normalized spacial score (nSPS) is 28.5. The fourth-order valence-electron chi connectivity index (χ4n) is 4.65. The Morgan fingerprint density at radius 1 is 1.23 bits per heavy atom. The number of fused-ring (bicyclic) bond motifs is 1. The smallest absolute Gasteiger partial charge is 0.149 e. The first-order valence-electron chi connectivity index (χ1n) is 9.40. The highest BCUT2D eigenvalue weighted by molar-refractivity contribution is 9.10. The predicted octanol–water partition coefficient (Wildman–Crippen LogP) is 4.99. The third-order valence-corrected chi connectivity index (χ3v) is 6.68. The number of unbranched alkanes of at least 4 members (excludes halogenated alkanes) is 3. The third-order valence-electron chi connectivity index (χ3n) is 6.15. The van der Waals surface area contributed by atoms with E-state index in [1.807, 2.05) is 24.3 Å². The van der Waals surface area contributed by atoms with Crippen molar-refractivity contribution in [2.75, 3.05) is 4.90 Å². The number of halogens is 1. The molecule has 2 aliphatic rings. The Balaban J connectivity index is 1.84. The number of hydrogen-bond donors (Lipinski definition) is 0. The Bertz CT molecular complexity index is 734. The lowest BCUT2D eigenvalue weighted by atomic mass is 9.63. The van der Waals surface area contributed by atoms with Crippen LogP contribution in [0.25, 0.3) is 0 Å². The van der Waals surface area contributed by atoms with Crippen LogP contribution in [0, 0.1) is 34.0 Å². The first kappa shape index (κ1) is 18.9. The molecule has 1 aliphatic carbocycles. The van der Waals surface area contributed by atoms with Gasteiger partial charge in [-0.15, -0.1) is 0 Å². The summed E-state index contributed by atoms with van der Waals surface area (Å²) in [4.78, 5) is 14.1. The Morgan fingerprint density at radius 2 is 1.92 bits per heavy atom. The van der Waals surface area contributed by atoms with E-state index in [-0.39, 0.29) is 12.0 Å². The molecule has 3 rings (SSSR count). The van der Waals surface area contributed by atoms with Crippen molar-refractivity contribution >= 4 is 27.9 Å². The number of aldehydes is 1. The van der Waals surface area contributed by atoms with Crippen molar-refractivity contribution in [2.24, 2.45) is 11.3 Å². The van der Waals surface area contributed by atoms with E-state index >= 15 is 0 Å². The van der Waals surface area contributed by atoms with Crippen LogP contribution in [0.2, 0.25) is 0 Å². The fourth-order valence-corrected chi connectivity index (χ4v) is 4.92. The second-order valence-electron chi connectivity index (χ2n) is 7.62. The molecule has 0 aromatic heterocycles. The van der Waals surface area contributed by atoms with Crippen LogP contribution in [0.4, 0.5) is 5.69 Å². The van der Waals surface area contributed by atoms with Gasteiger partial charge in [0.05, 0.1) is 18.2 Å². The molecule has 0 unspecified atom stereocenters. The second-order valence-corrected chi connectivity index (χ2v) is 8.54. The van der Waals surface area contributed by atoms with E-state index in [9.17, 15) is 15.3 Å². The molecule has 0 amide bonds. The lowest BCUT2D eigenvalue weighted by molar-refractivity contribution is -0.110. The Morgan fingerprint density at radius 3 is 2.50 bits per heavy atom. The largest absolute Gasteiger partial charge is 0.351 e. The molecule has 1 aromatic rings. The summed E-state index contributed by atoms with van der Waals surface area (Å²) in [6, 6.07) is 12.6. The maximum atomic E-state index is 12.0. The summed E-state index contributed by atoms with van der Waals surface area (Å²) < 4.78 is 0.989. The molecule has 1 heterocycles. The molecule has 3 atom stereocenters. The second kappa shape index (κ2) is 7.41. The summed E-state index contributed by atoms with van der Waals surface area (Å²) >= 11 is 3.44. The first-order valence-corrected chi connectivity index (χ1v) is 10.2. The molecule has 1 aromatic carbocycles. The molecule has 26 heavy (non-hydrogen) atoms. The van der Waals surface area contributed by atoms with Gasteiger partial charge in [-0.05, 0) is 43.0 Å². The van der Waals surface area contributed by atoms with Gasteiger partial charge in [-0.1, -0.05) is 48.5 Å². The van der Waals surface area contributed by atoms with E-state index in [0.717, 1.165) is 42.1 Å². The molecule has 1 saturated carbocycles. The predicted molar refractivity (Wildman–Crippen MR) is 104 cm³/mol. The molecule has 1 saturated heterocycles. The summed E-state index contributed by atoms with van der Waals surface area (Å²) in [5.74, 6) is 0.0351. The number of benzene rings is 1. The van der Waals surface area contributed by atoms with E-state index in [1.165, 1.54) is 12.8 Å². The van der Waals surface area contributed by atoms with Crippen LogP contribution >= 0.6 is 15.9 Å². The Kier molecular flexibility index (Phi) is 5.39. The number of anilines is 1. The van der Waals surface area contributed by atoms with E-state index in [0.29, 0.717) is 6.42 Å². The molecule has 0 N–H and O–H groups in total. The van der Waals surface area contributed by atoms with Crippen LogP contribution in [0.5, 0.6) is 0 Å². The van der Waals surface area contributed by atoms with Gasteiger partial charge in [0.2, 0.25) is 0 Å². The minimum Gasteiger partial charge on any atom is -0.351 e. The van der Waals surface area contributed by atoms with Crippen LogP contribution in [0.1, 0.15) is 51.9 Å². The van der Waals surface area contributed by atoms with E-state index in [2.05, 4.69) is 39.9 Å². The van der Waals surface area contributed by atoms with Gasteiger partial charge in [0.25, 0.3) is 0 Å². The molecule has 0 bridgehead atoms. The van der Waals surface area contributed by atoms with E-state index < -0.39 is 11.0 Å². The summed E-state index contributed by atoms with van der Waals surface area (Å²) in [5, 5.41) is 19.7. The van der Waals surface area contributed by atoms with Crippen molar-refractivity contribution in [3.05, 3.63) is 28.7 Å². The highest BCUT2D eigenvalue weighted by Crippen LogP contribution is 2.60. The zero-order chi connectivity index (χ0) is 18.8. The Labute approximate surface area is 163 Å². The summed E-state index contributed by atoms with van der Waals surface area (Å²) in [6.45, 7) is 2.17. The first-order chi connectivity index (χ1) is 12.6. The standard InChI is InChI=1S/C21H24BrN3O/c1-2-3-4-5-6-16-11-19-21(15-26,12-20(16,13-23)14-24)25(19)18-9-7-17(22)8-10-18/h7-10,15-16,19H,2-6,11-12H2,1H3/t16-,19+,21+,25?/m1/s1. The van der Waals surface area contributed by atoms with Crippen molar-refractivity contribution in [1.82, 2.24) is 0 Å². The van der Waals surface area contributed by atoms with Gasteiger partial charge in [0, 0.05) is 16.6 Å². The highest BCUT2D eigenvalue weighted by Gasteiger charge is 2.70. The summed E-state index contributed by atoms with van der Waals surface area (Å²) in [6.07, 6.45) is 7.45. The molecular formula is C21H24BrN3O. The van der Waals surface area contributed by atoms with Crippen LogP contribution in [0.15, 0.2) is 28.7 Å². The van der Waals surface area contributed by atoms with Gasteiger partial charge in [-0.2, -0.15) is 10.5 Å². The topological polar surface area (TPSA) is 67.7 Å². The van der Waals surface area contributed by atoms with Crippen LogP contribution in [0.3, 0.4) is 0 Å². The van der Waals surface area contributed by atoms with Crippen molar-refractivity contribution in [3.8, 4) is 12.1 Å². The molecule has 0 radical (unpaired) electrons. The SMILES string of the molecule is CCCCCC[C@@H]1C[C@@H]2N(c3ccc(Br)cc3)[C@]2(C=O)CC1(C#N)C#N. The number of carbonyl (C=O) groups excluding carboxylic acids is 1. The minimum absolute atomic E-state index is 0.0351. The molecule has 4 nitrogen and oxygen atoms in total. The number of carbonyl (C=O) groups is 1. The lowest BCUT2D eigenvalue weighted by Crippen LogP contribution is -2.41. The van der Waals surface area contributed by atoms with Gasteiger partial charge in [-0.3, -0.25) is 0 Å². The average Bonchev–Trinajstić information content (AvgIpc) is 3.32. The maximum Gasteiger partial charge on any atom is 0.149 e. The van der Waals surface area contributed by atoms with Crippen molar-refractivity contribution < 1.29 is 4.79 Å². The highest BCUT2D eigenvalue weighted by atomic mass is 79.9. The minimum atomic E-state index is -1.06. The number of nitriles is 2. The maximum absolute atomic E-state index is 12.0. The molecule has 0 spiro atoms. The number of rotatable bonds is 7. The summed E-state index contributed by atoms with van der Waals surface area (Å²) in [5.41, 5.74) is -0.769. The quantitative estimate of drug-likeness (QED) is 0.358. The number of nitrogens with zero attached hydrogens (tertiary/aromatic N) is 3. The van der Waals surface area contributed by atoms with E-state index in [4.69, 9.17) is 0 Å². The monoisotopic (exact) mass is 413 g/mol. The van der Waals surface area contributed by atoms with Crippen LogP contribution in [-0.2, 0) is 4.79 Å². The van der Waals surface area contributed by atoms with Gasteiger partial charge in [0.15, 0.2) is 0 Å². The average molecular weight is 414 g/mol. The molecule has 136 valence electrons. The van der Waals surface area contributed by atoms with E-state index in [1.54, 1.807) is 0 Å². The molecule has 2 fully saturated rings. The fraction of sp³-hybridized carbons (Fsp3) is 0.571. The summed E-state index contributed by atoms with van der Waals surface area (Å²) in [7, 11) is 0. The van der Waals surface area contributed by atoms with Crippen molar-refractivity contribution in [2.45, 2.75) is 63.5 Å². The zero-order valence-electron chi connectivity index (χ0n) is 15.1. The van der Waals surface area contributed by atoms with Crippen LogP contribution in [-0.4, -0.2) is 17.9 Å². The number of hydrogen-bond acceptors (Lipinski definition) is 4. The zero-order valence-corrected chi connectivity index (χ0v) is 16.7. The van der Waals surface area contributed by atoms with Gasteiger partial charge in [-0.25, -0.2) is 0 Å². The third kappa shape index (κ3) is 3.03.